The molecule has 0 saturated carbocycles. The Morgan fingerprint density at radius 3 is 2.30 bits per heavy atom. The van der Waals surface area contributed by atoms with Gasteiger partial charge < -0.3 is 19.5 Å². The van der Waals surface area contributed by atoms with E-state index in [0.29, 0.717) is 43.8 Å². The monoisotopic (exact) mass is 371 g/mol. The largest absolute Gasteiger partial charge is 0.505 e. The van der Waals surface area contributed by atoms with Gasteiger partial charge in [0.15, 0.2) is 5.75 Å². The first-order valence-electron chi connectivity index (χ1n) is 9.40. The van der Waals surface area contributed by atoms with Crippen LogP contribution in [-0.2, 0) is 14.3 Å². The topological polar surface area (TPSA) is 76.1 Å². The Morgan fingerprint density at radius 1 is 1.04 bits per heavy atom. The van der Waals surface area contributed by atoms with Crippen molar-refractivity contribution in [1.29, 1.82) is 0 Å². The van der Waals surface area contributed by atoms with Crippen LogP contribution < -0.4 is 4.90 Å². The standard InChI is InChI=1S/C21H25NO5/c1-3-26-20(24)14-10-12-22(13-11-14)18-16-9-7-5-6-8-15(16)17(19(18)23)21(25)27-4-2/h5-9,14,23H,3-4,10-13H2,1-2H3. The average molecular weight is 371 g/mol. The van der Waals surface area contributed by atoms with E-state index in [-0.39, 0.29) is 29.8 Å². The number of piperidine rings is 1. The quantitative estimate of drug-likeness (QED) is 0.812. The van der Waals surface area contributed by atoms with Crippen LogP contribution in [0.5, 0.6) is 5.75 Å². The number of carbonyl (C=O) groups is 2. The Morgan fingerprint density at radius 2 is 1.67 bits per heavy atom. The van der Waals surface area contributed by atoms with E-state index in [1.165, 1.54) is 0 Å². The van der Waals surface area contributed by atoms with Gasteiger partial charge in [0.25, 0.3) is 0 Å². The molecule has 0 atom stereocenters. The molecular formula is C21H25NO5. The molecule has 6 heteroatoms. The number of anilines is 1. The van der Waals surface area contributed by atoms with Gasteiger partial charge >= 0.3 is 11.9 Å². The first-order chi connectivity index (χ1) is 13.1. The van der Waals surface area contributed by atoms with Crippen molar-refractivity contribution in [3.8, 4) is 16.9 Å². The van der Waals surface area contributed by atoms with E-state index < -0.39 is 5.97 Å². The molecule has 0 unspecified atom stereocenters. The lowest BCUT2D eigenvalue weighted by atomic mass is 9.96. The van der Waals surface area contributed by atoms with Crippen LogP contribution in [0.25, 0.3) is 11.1 Å². The van der Waals surface area contributed by atoms with E-state index in [1.807, 2.05) is 35.2 Å². The minimum absolute atomic E-state index is 0.0516. The Labute approximate surface area is 159 Å². The van der Waals surface area contributed by atoms with E-state index >= 15 is 0 Å². The zero-order chi connectivity index (χ0) is 19.4. The second-order valence-corrected chi connectivity index (χ2v) is 6.54. The summed E-state index contributed by atoms with van der Waals surface area (Å²) in [6.45, 7) is 5.38. The maximum absolute atomic E-state index is 12.4. The van der Waals surface area contributed by atoms with Crippen molar-refractivity contribution >= 4 is 17.6 Å². The van der Waals surface area contributed by atoms with Crippen LogP contribution in [0.2, 0.25) is 0 Å². The fraction of sp³-hybridized carbons (Fsp3) is 0.429. The maximum atomic E-state index is 12.4. The molecule has 0 aromatic heterocycles. The number of hydrogen-bond donors (Lipinski definition) is 1. The first kappa shape index (κ1) is 19.0. The van der Waals surface area contributed by atoms with Gasteiger partial charge in [0, 0.05) is 24.2 Å². The van der Waals surface area contributed by atoms with Crippen molar-refractivity contribution in [3.05, 3.63) is 35.9 Å². The molecule has 27 heavy (non-hydrogen) atoms. The summed E-state index contributed by atoms with van der Waals surface area (Å²) >= 11 is 0. The number of rotatable bonds is 5. The fourth-order valence-corrected chi connectivity index (χ4v) is 3.67. The molecule has 3 rings (SSSR count). The van der Waals surface area contributed by atoms with Crippen molar-refractivity contribution in [3.63, 3.8) is 0 Å². The van der Waals surface area contributed by atoms with E-state index in [1.54, 1.807) is 13.8 Å². The van der Waals surface area contributed by atoms with Crippen molar-refractivity contribution < 1.29 is 24.2 Å². The van der Waals surface area contributed by atoms with Gasteiger partial charge in [-0.15, -0.1) is 0 Å². The smallest absolute Gasteiger partial charge is 0.342 e. The Kier molecular flexibility index (Phi) is 5.84. The highest BCUT2D eigenvalue weighted by molar-refractivity contribution is 6.08. The lowest BCUT2D eigenvalue weighted by Crippen LogP contribution is -2.37. The number of aromatic hydroxyl groups is 1. The lowest BCUT2D eigenvalue weighted by Gasteiger charge is -2.32. The molecule has 0 radical (unpaired) electrons. The molecule has 1 fully saturated rings. The molecule has 1 aliphatic heterocycles. The summed E-state index contributed by atoms with van der Waals surface area (Å²) in [5.41, 5.74) is 2.30. The normalized spacial score (nSPS) is 15.0. The molecule has 0 aromatic rings. The number of ether oxygens (including phenoxy) is 2. The number of hydrogen-bond acceptors (Lipinski definition) is 6. The van der Waals surface area contributed by atoms with Crippen LogP contribution in [0.3, 0.4) is 0 Å². The molecule has 0 aromatic carbocycles. The molecule has 0 spiro atoms. The molecule has 1 saturated heterocycles. The van der Waals surface area contributed by atoms with Gasteiger partial charge in [0.05, 0.1) is 24.8 Å². The highest BCUT2D eigenvalue weighted by Gasteiger charge is 2.33. The Bertz CT molecular complexity index is 795. The van der Waals surface area contributed by atoms with Gasteiger partial charge in [-0.25, -0.2) is 4.79 Å². The highest BCUT2D eigenvalue weighted by Crippen LogP contribution is 2.48. The summed E-state index contributed by atoms with van der Waals surface area (Å²) in [7, 11) is 0. The Hall–Kier alpha value is -2.76. The molecule has 6 nitrogen and oxygen atoms in total. The predicted octanol–water partition coefficient (Wildman–Crippen LogP) is 3.45. The van der Waals surface area contributed by atoms with Crippen molar-refractivity contribution in [2.45, 2.75) is 26.7 Å². The average Bonchev–Trinajstić information content (AvgIpc) is 2.79. The summed E-state index contributed by atoms with van der Waals surface area (Å²) in [6, 6.07) is 9.30. The first-order valence-corrected chi connectivity index (χ1v) is 9.40. The van der Waals surface area contributed by atoms with E-state index in [0.717, 1.165) is 5.56 Å². The summed E-state index contributed by atoms with van der Waals surface area (Å²) in [5, 5.41) is 10.9. The molecule has 144 valence electrons. The molecule has 3 aliphatic rings. The van der Waals surface area contributed by atoms with E-state index in [9.17, 15) is 14.7 Å². The van der Waals surface area contributed by atoms with E-state index in [2.05, 4.69) is 0 Å². The van der Waals surface area contributed by atoms with Gasteiger partial charge in [0.1, 0.15) is 5.56 Å². The molecule has 1 N–H and O–H groups in total. The third kappa shape index (κ3) is 3.70. The molecule has 0 bridgehead atoms. The van der Waals surface area contributed by atoms with Crippen molar-refractivity contribution in [2.24, 2.45) is 5.92 Å². The summed E-state index contributed by atoms with van der Waals surface area (Å²) in [5.74, 6) is -0.861. The van der Waals surface area contributed by atoms with Crippen molar-refractivity contribution in [2.75, 3.05) is 31.2 Å². The third-order valence-electron chi connectivity index (χ3n) is 4.93. The van der Waals surface area contributed by atoms with Crippen LogP contribution in [0.1, 0.15) is 37.0 Å². The minimum Gasteiger partial charge on any atom is -0.505 e. The second-order valence-electron chi connectivity index (χ2n) is 6.54. The van der Waals surface area contributed by atoms with Gasteiger partial charge in [-0.3, -0.25) is 4.79 Å². The number of nitrogens with zero attached hydrogens (tertiary/aromatic N) is 1. The fourth-order valence-electron chi connectivity index (χ4n) is 3.67. The summed E-state index contributed by atoms with van der Waals surface area (Å²) in [6.07, 6.45) is 1.30. The maximum Gasteiger partial charge on any atom is 0.342 e. The van der Waals surface area contributed by atoms with Crippen LogP contribution in [0.4, 0.5) is 5.69 Å². The predicted molar refractivity (Wildman–Crippen MR) is 102 cm³/mol. The molecule has 1 heterocycles. The minimum atomic E-state index is -0.529. The highest BCUT2D eigenvalue weighted by atomic mass is 16.5. The van der Waals surface area contributed by atoms with Gasteiger partial charge in [-0.05, 0) is 26.7 Å². The zero-order valence-electron chi connectivity index (χ0n) is 15.7. The van der Waals surface area contributed by atoms with Crippen LogP contribution in [0, 0.1) is 5.92 Å². The van der Waals surface area contributed by atoms with Crippen LogP contribution >= 0.6 is 0 Å². The van der Waals surface area contributed by atoms with Crippen molar-refractivity contribution in [1.82, 2.24) is 0 Å². The Balaban J connectivity index is 1.93. The molecule has 0 amide bonds. The SMILES string of the molecule is CCOC(=O)c1c2cccccc-2c(N2CCC(C(=O)OCC)CC2)c1O. The molecular weight excluding hydrogens is 346 g/mol. The van der Waals surface area contributed by atoms with Crippen LogP contribution in [0.15, 0.2) is 30.3 Å². The number of esters is 2. The van der Waals surface area contributed by atoms with Gasteiger partial charge in [-0.1, -0.05) is 30.3 Å². The molecule has 2 aliphatic carbocycles. The lowest BCUT2D eigenvalue weighted by molar-refractivity contribution is -0.148. The van der Waals surface area contributed by atoms with E-state index in [4.69, 9.17) is 9.47 Å². The number of fused-ring (bicyclic) bond motifs is 1. The van der Waals surface area contributed by atoms with Gasteiger partial charge in [0.2, 0.25) is 0 Å². The van der Waals surface area contributed by atoms with Crippen LogP contribution in [-0.4, -0.2) is 43.3 Å². The third-order valence-corrected chi connectivity index (χ3v) is 4.93. The second kappa shape index (κ2) is 8.29. The van der Waals surface area contributed by atoms with Gasteiger partial charge in [-0.2, -0.15) is 0 Å². The zero-order valence-corrected chi connectivity index (χ0v) is 15.7. The summed E-state index contributed by atoms with van der Waals surface area (Å²) in [4.78, 5) is 26.4. The summed E-state index contributed by atoms with van der Waals surface area (Å²) < 4.78 is 10.3. The number of carbonyl (C=O) groups excluding carboxylic acids is 2.